The number of aromatic nitrogens is 1. The van der Waals surface area contributed by atoms with Crippen LogP contribution in [-0.2, 0) is 6.54 Å². The van der Waals surface area contributed by atoms with Gasteiger partial charge in [-0.25, -0.2) is 0 Å². The molecule has 146 valence electrons. The molecule has 0 bridgehead atoms. The van der Waals surface area contributed by atoms with Gasteiger partial charge in [-0.2, -0.15) is 0 Å². The number of hydrogen-bond acceptors (Lipinski definition) is 5. The van der Waals surface area contributed by atoms with E-state index in [0.29, 0.717) is 28.5 Å². The number of methoxy groups -OCH3 is 2. The second kappa shape index (κ2) is 8.06. The number of carbonyl (C=O) groups excluding carboxylic acids is 1. The first-order chi connectivity index (χ1) is 14.2. The van der Waals surface area contributed by atoms with E-state index in [1.807, 2.05) is 54.6 Å². The SMILES string of the molecule is COc1ccc(-c2cc(CNC(=O)c3ccc4ccccc4c3)no2)cc1OC. The van der Waals surface area contributed by atoms with Gasteiger partial charge in [0, 0.05) is 17.2 Å². The molecule has 0 atom stereocenters. The molecule has 6 heteroatoms. The topological polar surface area (TPSA) is 73.6 Å². The summed E-state index contributed by atoms with van der Waals surface area (Å²) in [5.41, 5.74) is 2.04. The molecule has 6 nitrogen and oxygen atoms in total. The molecule has 0 unspecified atom stereocenters. The maximum Gasteiger partial charge on any atom is 0.251 e. The molecule has 4 rings (SSSR count). The molecule has 0 saturated heterocycles. The number of rotatable bonds is 6. The van der Waals surface area contributed by atoms with Crippen molar-refractivity contribution in [1.82, 2.24) is 10.5 Å². The molecule has 3 aromatic carbocycles. The van der Waals surface area contributed by atoms with Gasteiger partial charge in [-0.3, -0.25) is 4.79 Å². The molecular weight excluding hydrogens is 368 g/mol. The Bertz CT molecular complexity index is 1170. The third-order valence-corrected chi connectivity index (χ3v) is 4.67. The fourth-order valence-electron chi connectivity index (χ4n) is 3.12. The van der Waals surface area contributed by atoms with Gasteiger partial charge in [-0.15, -0.1) is 0 Å². The van der Waals surface area contributed by atoms with Gasteiger partial charge in [0.05, 0.1) is 20.8 Å². The first-order valence-corrected chi connectivity index (χ1v) is 9.13. The van der Waals surface area contributed by atoms with E-state index in [4.69, 9.17) is 14.0 Å². The zero-order valence-electron chi connectivity index (χ0n) is 16.1. The lowest BCUT2D eigenvalue weighted by Crippen LogP contribution is -2.22. The summed E-state index contributed by atoms with van der Waals surface area (Å²) in [4.78, 5) is 12.5. The maximum absolute atomic E-state index is 12.5. The van der Waals surface area contributed by atoms with Crippen molar-refractivity contribution in [3.8, 4) is 22.8 Å². The highest BCUT2D eigenvalue weighted by molar-refractivity contribution is 5.98. The molecule has 0 spiro atoms. The predicted octanol–water partition coefficient (Wildman–Crippen LogP) is 4.44. The van der Waals surface area contributed by atoms with Crippen molar-refractivity contribution >= 4 is 16.7 Å². The summed E-state index contributed by atoms with van der Waals surface area (Å²) in [6.07, 6.45) is 0. The van der Waals surface area contributed by atoms with Gasteiger partial charge in [-0.1, -0.05) is 35.5 Å². The van der Waals surface area contributed by atoms with Crippen LogP contribution >= 0.6 is 0 Å². The smallest absolute Gasteiger partial charge is 0.251 e. The Balaban J connectivity index is 1.45. The fourth-order valence-corrected chi connectivity index (χ4v) is 3.12. The van der Waals surface area contributed by atoms with E-state index in [1.54, 1.807) is 26.4 Å². The molecule has 0 aliphatic rings. The van der Waals surface area contributed by atoms with Crippen molar-refractivity contribution in [2.24, 2.45) is 0 Å². The van der Waals surface area contributed by atoms with Gasteiger partial charge in [0.2, 0.25) is 0 Å². The largest absolute Gasteiger partial charge is 0.493 e. The minimum atomic E-state index is -0.161. The first kappa shape index (κ1) is 18.6. The molecular formula is C23H20N2O4. The van der Waals surface area contributed by atoms with Crippen LogP contribution in [0.1, 0.15) is 16.1 Å². The fraction of sp³-hybridized carbons (Fsp3) is 0.130. The highest BCUT2D eigenvalue weighted by Gasteiger charge is 2.12. The minimum Gasteiger partial charge on any atom is -0.493 e. The number of hydrogen-bond donors (Lipinski definition) is 1. The average molecular weight is 388 g/mol. The molecule has 0 saturated carbocycles. The van der Waals surface area contributed by atoms with E-state index in [9.17, 15) is 4.79 Å². The lowest BCUT2D eigenvalue weighted by molar-refractivity contribution is 0.0950. The second-order valence-corrected chi connectivity index (χ2v) is 6.50. The van der Waals surface area contributed by atoms with Crippen LogP contribution in [0.15, 0.2) is 71.3 Å². The van der Waals surface area contributed by atoms with E-state index in [2.05, 4.69) is 10.5 Å². The number of ether oxygens (including phenoxy) is 2. The van der Waals surface area contributed by atoms with Crippen LogP contribution < -0.4 is 14.8 Å². The quantitative estimate of drug-likeness (QED) is 0.529. The monoisotopic (exact) mass is 388 g/mol. The molecule has 0 fully saturated rings. The number of nitrogens with zero attached hydrogens (tertiary/aromatic N) is 1. The van der Waals surface area contributed by atoms with E-state index < -0.39 is 0 Å². The van der Waals surface area contributed by atoms with E-state index in [0.717, 1.165) is 16.3 Å². The van der Waals surface area contributed by atoms with Crippen LogP contribution in [0.3, 0.4) is 0 Å². The Morgan fingerprint density at radius 2 is 1.72 bits per heavy atom. The van der Waals surface area contributed by atoms with E-state index >= 15 is 0 Å². The third-order valence-electron chi connectivity index (χ3n) is 4.67. The summed E-state index contributed by atoms with van der Waals surface area (Å²) >= 11 is 0. The molecule has 1 amide bonds. The summed E-state index contributed by atoms with van der Waals surface area (Å²) < 4.78 is 16.0. The van der Waals surface area contributed by atoms with Gasteiger partial charge in [0.25, 0.3) is 5.91 Å². The number of fused-ring (bicyclic) bond motifs is 1. The van der Waals surface area contributed by atoms with Crippen molar-refractivity contribution in [3.63, 3.8) is 0 Å². The van der Waals surface area contributed by atoms with Crippen molar-refractivity contribution in [1.29, 1.82) is 0 Å². The number of benzene rings is 3. The third kappa shape index (κ3) is 3.91. The number of amides is 1. The number of carbonyl (C=O) groups is 1. The van der Waals surface area contributed by atoms with Gasteiger partial charge >= 0.3 is 0 Å². The standard InChI is InChI=1S/C23H20N2O4/c1-27-20-10-9-17(12-22(20)28-2)21-13-19(25-29-21)14-24-23(26)18-8-7-15-5-3-4-6-16(15)11-18/h3-13H,14H2,1-2H3,(H,24,26). The Morgan fingerprint density at radius 3 is 2.52 bits per heavy atom. The summed E-state index contributed by atoms with van der Waals surface area (Å²) in [6, 6.07) is 20.8. The lowest BCUT2D eigenvalue weighted by atomic mass is 10.1. The molecule has 1 aromatic heterocycles. The summed E-state index contributed by atoms with van der Waals surface area (Å²) in [5.74, 6) is 1.67. The van der Waals surface area contributed by atoms with Gasteiger partial charge < -0.3 is 19.3 Å². The average Bonchev–Trinajstić information content (AvgIpc) is 3.25. The Kier molecular flexibility index (Phi) is 5.16. The van der Waals surface area contributed by atoms with Crippen LogP contribution in [0.2, 0.25) is 0 Å². The molecule has 0 radical (unpaired) electrons. The normalized spacial score (nSPS) is 10.7. The molecule has 0 aliphatic carbocycles. The zero-order valence-corrected chi connectivity index (χ0v) is 16.1. The van der Waals surface area contributed by atoms with Gasteiger partial charge in [0.1, 0.15) is 5.69 Å². The van der Waals surface area contributed by atoms with Crippen molar-refractivity contribution in [3.05, 3.63) is 78.0 Å². The molecule has 29 heavy (non-hydrogen) atoms. The van der Waals surface area contributed by atoms with Crippen LogP contribution in [0.4, 0.5) is 0 Å². The number of nitrogens with one attached hydrogen (secondary N) is 1. The van der Waals surface area contributed by atoms with Gasteiger partial charge in [-0.05, 0) is 41.1 Å². The highest BCUT2D eigenvalue weighted by Crippen LogP contribution is 2.32. The Hall–Kier alpha value is -3.80. The van der Waals surface area contributed by atoms with Gasteiger partial charge in [0.15, 0.2) is 17.3 Å². The molecule has 1 N–H and O–H groups in total. The molecule has 4 aromatic rings. The summed E-state index contributed by atoms with van der Waals surface area (Å²) in [6.45, 7) is 0.266. The van der Waals surface area contributed by atoms with Crippen molar-refractivity contribution in [2.45, 2.75) is 6.54 Å². The Morgan fingerprint density at radius 1 is 0.931 bits per heavy atom. The Labute approximate surface area is 168 Å². The van der Waals surface area contributed by atoms with E-state index in [-0.39, 0.29) is 12.5 Å². The summed E-state index contributed by atoms with van der Waals surface area (Å²) in [5, 5.41) is 9.05. The predicted molar refractivity (Wildman–Crippen MR) is 110 cm³/mol. The molecule has 1 heterocycles. The van der Waals surface area contributed by atoms with Crippen molar-refractivity contribution in [2.75, 3.05) is 14.2 Å². The van der Waals surface area contributed by atoms with Crippen LogP contribution in [0.5, 0.6) is 11.5 Å². The first-order valence-electron chi connectivity index (χ1n) is 9.13. The lowest BCUT2D eigenvalue weighted by Gasteiger charge is -2.07. The maximum atomic E-state index is 12.5. The van der Waals surface area contributed by atoms with E-state index in [1.165, 1.54) is 0 Å². The zero-order chi connectivity index (χ0) is 20.2. The second-order valence-electron chi connectivity index (χ2n) is 6.50. The highest BCUT2D eigenvalue weighted by atomic mass is 16.5. The van der Waals surface area contributed by atoms with Crippen molar-refractivity contribution < 1.29 is 18.8 Å². The van der Waals surface area contributed by atoms with Crippen LogP contribution in [-0.4, -0.2) is 25.3 Å². The van der Waals surface area contributed by atoms with Crippen LogP contribution in [0.25, 0.3) is 22.1 Å². The molecule has 0 aliphatic heterocycles. The van der Waals surface area contributed by atoms with Crippen LogP contribution in [0, 0.1) is 0 Å². The summed E-state index contributed by atoms with van der Waals surface area (Å²) in [7, 11) is 3.16. The minimum absolute atomic E-state index is 0.161.